The monoisotopic (exact) mass is 923 g/mol. The number of benzene rings is 9. The van der Waals surface area contributed by atoms with Gasteiger partial charge in [-0.3, -0.25) is 0 Å². The quantitative estimate of drug-likeness (QED) is 0.141. The number of rotatable bonds is 0. The topological polar surface area (TPSA) is 14.8 Å². The molecule has 12 aromatic rings. The van der Waals surface area contributed by atoms with Crippen LogP contribution < -0.4 is 43.7 Å². The van der Waals surface area contributed by atoms with Crippen LogP contribution in [0.15, 0.2) is 211 Å². The third-order valence-electron chi connectivity index (χ3n) is 17.1. The smallest absolute Gasteiger partial charge is 0.249 e. The van der Waals surface area contributed by atoms with Gasteiger partial charge >= 0.3 is 0 Å². The van der Waals surface area contributed by atoms with Gasteiger partial charge in [0, 0.05) is 84.1 Å². The molecule has 0 fully saturated rings. The van der Waals surface area contributed by atoms with Gasteiger partial charge in [-0.1, -0.05) is 185 Å². The van der Waals surface area contributed by atoms with E-state index < -0.39 is 0 Å². The molecule has 0 spiro atoms. The fourth-order valence-corrected chi connectivity index (χ4v) is 18.3. The zero-order valence-corrected chi connectivity index (χ0v) is 39.3. The molecule has 9 heterocycles. The molecular weight excluding hydrogens is 891 g/mol. The van der Waals surface area contributed by atoms with E-state index in [9.17, 15) is 0 Å². The Hall–Kier alpha value is -6.90. The van der Waals surface area contributed by atoms with Crippen LogP contribution in [-0.2, 0) is 0 Å². The van der Waals surface area contributed by atoms with E-state index in [1.54, 1.807) is 0 Å². The van der Waals surface area contributed by atoms with Crippen LogP contribution >= 0.6 is 35.3 Å². The molecule has 0 saturated carbocycles. The summed E-state index contributed by atoms with van der Waals surface area (Å²) in [7, 11) is 0. The van der Waals surface area contributed by atoms with Gasteiger partial charge in [-0.2, -0.15) is 0 Å². The number of allylic oxidation sites excluding steroid dienone is 4. The summed E-state index contributed by atoms with van der Waals surface area (Å²) in [6, 6.07) is 61.5. The molecule has 3 nitrogen and oxygen atoms in total. The second-order valence-corrected chi connectivity index (χ2v) is 23.3. The van der Waals surface area contributed by atoms with Crippen molar-refractivity contribution in [2.75, 3.05) is 0 Å². The van der Waals surface area contributed by atoms with Crippen LogP contribution in [0.5, 0.6) is 0 Å². The zero-order chi connectivity index (χ0) is 44.1. The maximum Gasteiger partial charge on any atom is 0.249 e. The Morgan fingerprint density at radius 2 is 0.913 bits per heavy atom. The summed E-state index contributed by atoms with van der Waals surface area (Å²) in [5.41, 5.74) is 23.8. The summed E-state index contributed by atoms with van der Waals surface area (Å²) < 4.78 is 8.40. The van der Waals surface area contributed by atoms with Gasteiger partial charge in [-0.05, 0) is 82.3 Å². The first-order valence-corrected chi connectivity index (χ1v) is 26.7. The van der Waals surface area contributed by atoms with Crippen LogP contribution in [0.1, 0.15) is 12.5 Å². The van der Waals surface area contributed by atoms with E-state index in [-0.39, 0.29) is 26.2 Å². The average molecular weight is 924 g/mol. The van der Waals surface area contributed by atoms with Gasteiger partial charge in [-0.25, -0.2) is 0 Å². The molecule has 0 radical (unpaired) electrons. The van der Waals surface area contributed by atoms with E-state index in [1.165, 1.54) is 155 Å². The first-order chi connectivity index (χ1) is 34.3. The molecular formula is C60H32B3N3S3. The second kappa shape index (κ2) is 12.3. The molecule has 69 heavy (non-hydrogen) atoms. The van der Waals surface area contributed by atoms with Crippen LogP contribution in [-0.4, -0.2) is 33.8 Å². The van der Waals surface area contributed by atoms with Crippen LogP contribution in [0, 0.1) is 0 Å². The molecule has 1 atom stereocenters. The highest BCUT2D eigenvalue weighted by atomic mass is 32.2. The molecule has 9 heteroatoms. The minimum Gasteiger partial charge on any atom is -0.332 e. The lowest BCUT2D eigenvalue weighted by atomic mass is 9.33. The fraction of sp³-hybridized carbons (Fsp3) is 0.0333. The maximum atomic E-state index is 2.88. The third kappa shape index (κ3) is 4.03. The summed E-state index contributed by atoms with van der Waals surface area (Å²) >= 11 is 5.86. The summed E-state index contributed by atoms with van der Waals surface area (Å²) in [5, 5.41) is 8.20. The van der Waals surface area contributed by atoms with Crippen molar-refractivity contribution in [1.29, 1.82) is 0 Å². The van der Waals surface area contributed by atoms with Crippen LogP contribution in [0.4, 0.5) is 0 Å². The normalized spacial score (nSPS) is 16.8. The first-order valence-electron chi connectivity index (χ1n) is 24.3. The van der Waals surface area contributed by atoms with Crippen molar-refractivity contribution in [2.24, 2.45) is 0 Å². The van der Waals surface area contributed by atoms with E-state index >= 15 is 0 Å². The van der Waals surface area contributed by atoms with Gasteiger partial charge in [0.15, 0.2) is 0 Å². The molecule has 9 aromatic carbocycles. The number of hydrogen-bond acceptors (Lipinski definition) is 3. The van der Waals surface area contributed by atoms with Gasteiger partial charge in [0.2, 0.25) is 20.1 Å². The SMILES string of the molecule is C1=CCC2C(=C1)B1c3ccccc3Sc3ccc4c5c6c(c7ccc8c9c7n6-c6ccccc6B9c6ccccc6S8)c6c7cccc8c7n(c6c5n2c4c31)-c1cccc2c1B8c1ccccc1S2. The Morgan fingerprint density at radius 3 is 1.67 bits per heavy atom. The van der Waals surface area contributed by atoms with Gasteiger partial charge < -0.3 is 13.7 Å². The number of nitrogens with zero attached hydrogens (tertiary/aromatic N) is 3. The third-order valence-corrected chi connectivity index (χ3v) is 20.6. The summed E-state index contributed by atoms with van der Waals surface area (Å²) in [6.07, 6.45) is 8.20. The molecule has 3 aromatic heterocycles. The number of hydrogen-bond donors (Lipinski definition) is 0. The van der Waals surface area contributed by atoms with E-state index in [0.717, 1.165) is 6.42 Å². The van der Waals surface area contributed by atoms with Gasteiger partial charge in [0.25, 0.3) is 0 Å². The van der Waals surface area contributed by atoms with E-state index in [2.05, 4.69) is 190 Å². The van der Waals surface area contributed by atoms with Gasteiger partial charge in [-0.15, -0.1) is 0 Å². The predicted octanol–water partition coefficient (Wildman–Crippen LogP) is 9.63. The molecule has 1 aliphatic carbocycles. The Labute approximate surface area is 410 Å². The largest absolute Gasteiger partial charge is 0.332 e. The highest BCUT2D eigenvalue weighted by Crippen LogP contribution is 2.54. The van der Waals surface area contributed by atoms with Crippen LogP contribution in [0.3, 0.4) is 0 Å². The second-order valence-electron chi connectivity index (χ2n) is 20.0. The molecule has 314 valence electrons. The average Bonchev–Trinajstić information content (AvgIpc) is 4.06. The Balaban J connectivity index is 1.10. The Morgan fingerprint density at radius 1 is 0.377 bits per heavy atom. The van der Waals surface area contributed by atoms with Crippen molar-refractivity contribution < 1.29 is 0 Å². The number of fused-ring (bicyclic) bond motifs is 26. The fourth-order valence-electron chi connectivity index (χ4n) is 14.8. The van der Waals surface area contributed by atoms with Crippen molar-refractivity contribution in [3.63, 3.8) is 0 Å². The first kappa shape index (κ1) is 36.1. The van der Waals surface area contributed by atoms with Crippen LogP contribution in [0.25, 0.3) is 76.8 Å². The van der Waals surface area contributed by atoms with Crippen molar-refractivity contribution in [3.05, 3.63) is 181 Å². The van der Waals surface area contributed by atoms with E-state index in [0.29, 0.717) is 0 Å². The molecule has 19 rings (SSSR count). The summed E-state index contributed by atoms with van der Waals surface area (Å²) in [5.74, 6) is 0. The Bertz CT molecular complexity index is 4610. The molecule has 0 N–H and O–H groups in total. The predicted molar refractivity (Wildman–Crippen MR) is 295 cm³/mol. The highest BCUT2D eigenvalue weighted by Gasteiger charge is 2.47. The van der Waals surface area contributed by atoms with Crippen molar-refractivity contribution in [1.82, 2.24) is 13.7 Å². The molecule has 7 aliphatic rings. The molecule has 0 amide bonds. The van der Waals surface area contributed by atoms with E-state index in [1.807, 2.05) is 35.3 Å². The summed E-state index contributed by atoms with van der Waals surface area (Å²) in [6.45, 7) is 0.493. The minimum atomic E-state index is 0.146. The zero-order valence-electron chi connectivity index (χ0n) is 36.8. The van der Waals surface area contributed by atoms with Crippen molar-refractivity contribution in [3.8, 4) is 11.4 Å². The van der Waals surface area contributed by atoms with Gasteiger partial charge in [0.05, 0.1) is 28.1 Å². The lowest BCUT2D eigenvalue weighted by Gasteiger charge is -2.39. The van der Waals surface area contributed by atoms with Crippen molar-refractivity contribution >= 4 is 165 Å². The standard InChI is InChI=1S/C60H32B3N3S3/c1-6-20-40-34(14-1)61-36-16-3-8-23-43(36)68-47-29-27-32-49-50-31-13-11-19-39-55(31)66(42-22-12-26-46-52(42)63(39)38-18-5-10-25-45(38)67-46)59(50)60-51(58(49)64(40)56(32)53(47)61)33-28-30-48-54-57(33)65(60)41-21-7-2-15-35(41)62(54)37-17-4-9-24-44(37)69-48/h1-20,22-30,41H,21H2. The molecule has 6 aliphatic heterocycles. The van der Waals surface area contributed by atoms with Crippen LogP contribution in [0.2, 0.25) is 0 Å². The van der Waals surface area contributed by atoms with Gasteiger partial charge in [0.1, 0.15) is 0 Å². The highest BCUT2D eigenvalue weighted by molar-refractivity contribution is 8.00. The number of aromatic nitrogens is 3. The number of para-hydroxylation sites is 2. The summed E-state index contributed by atoms with van der Waals surface area (Å²) in [4.78, 5) is 8.23. The molecule has 0 bridgehead atoms. The lowest BCUT2D eigenvalue weighted by molar-refractivity contribution is 0.631. The minimum absolute atomic E-state index is 0.146. The lowest BCUT2D eigenvalue weighted by Crippen LogP contribution is -2.58. The molecule has 0 saturated heterocycles. The Kier molecular flexibility index (Phi) is 6.43. The van der Waals surface area contributed by atoms with Crippen molar-refractivity contribution in [2.45, 2.75) is 41.8 Å². The molecule has 1 unspecified atom stereocenters. The van der Waals surface area contributed by atoms with E-state index in [4.69, 9.17) is 0 Å². The maximum absolute atomic E-state index is 2.88.